The summed E-state index contributed by atoms with van der Waals surface area (Å²) >= 11 is 0. The minimum atomic E-state index is -0.466. The fourth-order valence-electron chi connectivity index (χ4n) is 3.27. The number of hydrogen-bond donors (Lipinski definition) is 2. The summed E-state index contributed by atoms with van der Waals surface area (Å²) in [6.45, 7) is 11.2. The van der Waals surface area contributed by atoms with Crippen LogP contribution in [0.4, 0.5) is 4.79 Å². The number of rotatable bonds is 7. The summed E-state index contributed by atoms with van der Waals surface area (Å²) in [5.74, 6) is 0.607. The Labute approximate surface area is 151 Å². The van der Waals surface area contributed by atoms with Crippen molar-refractivity contribution in [3.8, 4) is 0 Å². The smallest absolute Gasteiger partial charge is 0.407 e. The number of alkyl carbamates (subject to hydrolysis) is 1. The number of nitrogens with zero attached hydrogens (tertiary/aromatic N) is 2. The second-order valence-electron chi connectivity index (χ2n) is 8.34. The molecular formula is C19H34N4O2. The van der Waals surface area contributed by atoms with E-state index < -0.39 is 5.60 Å². The lowest BCUT2D eigenvalue weighted by molar-refractivity contribution is 0.0518. The maximum Gasteiger partial charge on any atom is 0.407 e. The van der Waals surface area contributed by atoms with Crippen LogP contribution in [-0.4, -0.2) is 34.1 Å². The molecule has 2 rings (SSSR count). The normalized spacial score (nSPS) is 17.0. The second kappa shape index (κ2) is 8.70. The van der Waals surface area contributed by atoms with Crippen molar-refractivity contribution >= 4 is 6.09 Å². The van der Waals surface area contributed by atoms with Gasteiger partial charge in [0.1, 0.15) is 5.60 Å². The van der Waals surface area contributed by atoms with Crippen molar-refractivity contribution in [1.29, 1.82) is 0 Å². The second-order valence-corrected chi connectivity index (χ2v) is 8.34. The van der Waals surface area contributed by atoms with Gasteiger partial charge in [0, 0.05) is 36.9 Å². The number of amides is 1. The summed E-state index contributed by atoms with van der Waals surface area (Å²) in [6.07, 6.45) is 8.66. The van der Waals surface area contributed by atoms with Crippen LogP contribution in [0, 0.1) is 5.92 Å². The molecule has 1 atom stereocenters. The molecule has 0 aromatic carbocycles. The third kappa shape index (κ3) is 6.69. The number of aromatic nitrogens is 2. The summed E-state index contributed by atoms with van der Waals surface area (Å²) in [4.78, 5) is 12.0. The fraction of sp³-hybridized carbons (Fsp3) is 0.789. The van der Waals surface area contributed by atoms with Crippen molar-refractivity contribution in [2.75, 3.05) is 6.54 Å². The summed E-state index contributed by atoms with van der Waals surface area (Å²) in [5, 5.41) is 10.9. The van der Waals surface area contributed by atoms with Gasteiger partial charge >= 0.3 is 6.09 Å². The van der Waals surface area contributed by atoms with Gasteiger partial charge in [-0.15, -0.1) is 0 Å². The molecule has 0 saturated heterocycles. The molecule has 6 heteroatoms. The SMILES string of the molecule is CC(C)n1cc(CNC(CNC(=O)OC(C)(C)C)C2CCCC2)cn1. The van der Waals surface area contributed by atoms with E-state index in [-0.39, 0.29) is 12.1 Å². The van der Waals surface area contributed by atoms with E-state index in [0.29, 0.717) is 18.5 Å². The van der Waals surface area contributed by atoms with Gasteiger partial charge in [-0.1, -0.05) is 12.8 Å². The van der Waals surface area contributed by atoms with Crippen LogP contribution in [0.1, 0.15) is 71.9 Å². The fourth-order valence-corrected chi connectivity index (χ4v) is 3.27. The number of nitrogens with one attached hydrogen (secondary N) is 2. The van der Waals surface area contributed by atoms with E-state index in [1.54, 1.807) is 0 Å². The molecule has 142 valence electrons. The van der Waals surface area contributed by atoms with Gasteiger partial charge in [-0.2, -0.15) is 5.10 Å². The van der Waals surface area contributed by atoms with Crippen molar-refractivity contribution in [2.24, 2.45) is 5.92 Å². The first-order valence-corrected chi connectivity index (χ1v) is 9.48. The van der Waals surface area contributed by atoms with Crippen LogP contribution in [0.15, 0.2) is 12.4 Å². The van der Waals surface area contributed by atoms with E-state index in [0.717, 1.165) is 6.54 Å². The minimum absolute atomic E-state index is 0.261. The zero-order valence-electron chi connectivity index (χ0n) is 16.3. The van der Waals surface area contributed by atoms with Gasteiger partial charge in [-0.25, -0.2) is 4.79 Å². The number of ether oxygens (including phenoxy) is 1. The molecule has 1 amide bonds. The van der Waals surface area contributed by atoms with Gasteiger partial charge in [-0.05, 0) is 53.4 Å². The number of hydrogen-bond acceptors (Lipinski definition) is 4. The average Bonchev–Trinajstić information content (AvgIpc) is 3.16. The zero-order chi connectivity index (χ0) is 18.4. The molecule has 0 spiro atoms. The minimum Gasteiger partial charge on any atom is -0.444 e. The first kappa shape index (κ1) is 19.8. The maximum absolute atomic E-state index is 12.0. The molecule has 25 heavy (non-hydrogen) atoms. The molecule has 1 aliphatic rings. The van der Waals surface area contributed by atoms with E-state index in [4.69, 9.17) is 4.74 Å². The Kier molecular flexibility index (Phi) is 6.87. The molecule has 6 nitrogen and oxygen atoms in total. The van der Waals surface area contributed by atoms with Crippen molar-refractivity contribution in [3.05, 3.63) is 18.0 Å². The van der Waals surface area contributed by atoms with Crippen molar-refractivity contribution < 1.29 is 9.53 Å². The van der Waals surface area contributed by atoms with Crippen LogP contribution in [-0.2, 0) is 11.3 Å². The van der Waals surface area contributed by atoms with Gasteiger partial charge in [0.25, 0.3) is 0 Å². The predicted molar refractivity (Wildman–Crippen MR) is 99.4 cm³/mol. The molecule has 1 saturated carbocycles. The van der Waals surface area contributed by atoms with Crippen molar-refractivity contribution in [1.82, 2.24) is 20.4 Å². The Hall–Kier alpha value is -1.56. The highest BCUT2D eigenvalue weighted by Gasteiger charge is 2.26. The molecule has 1 unspecified atom stereocenters. The lowest BCUT2D eigenvalue weighted by atomic mass is 9.98. The molecule has 0 radical (unpaired) electrons. The van der Waals surface area contributed by atoms with Crippen LogP contribution >= 0.6 is 0 Å². The van der Waals surface area contributed by atoms with E-state index in [9.17, 15) is 4.79 Å². The van der Waals surface area contributed by atoms with Crippen molar-refractivity contribution in [3.63, 3.8) is 0 Å². The lowest BCUT2D eigenvalue weighted by Gasteiger charge is -2.26. The summed E-state index contributed by atoms with van der Waals surface area (Å²) in [5.41, 5.74) is 0.708. The first-order valence-electron chi connectivity index (χ1n) is 9.48. The molecule has 1 heterocycles. The quantitative estimate of drug-likeness (QED) is 0.788. The first-order chi connectivity index (χ1) is 11.7. The van der Waals surface area contributed by atoms with Gasteiger partial charge in [0.05, 0.1) is 6.20 Å². The van der Waals surface area contributed by atoms with Crippen LogP contribution in [0.2, 0.25) is 0 Å². The standard InChI is InChI=1S/C19H34N4O2/c1-14(2)23-13-15(11-22-23)10-20-17(16-8-6-7-9-16)12-21-18(24)25-19(3,4)5/h11,13-14,16-17,20H,6-10,12H2,1-5H3,(H,21,24). The topological polar surface area (TPSA) is 68.2 Å². The third-order valence-corrected chi connectivity index (χ3v) is 4.59. The molecule has 1 aliphatic carbocycles. The maximum atomic E-state index is 12.0. The monoisotopic (exact) mass is 350 g/mol. The van der Waals surface area contributed by atoms with Gasteiger partial charge in [-0.3, -0.25) is 4.68 Å². The largest absolute Gasteiger partial charge is 0.444 e. The van der Waals surface area contributed by atoms with E-state index in [1.807, 2.05) is 31.6 Å². The predicted octanol–water partition coefficient (Wildman–Crippen LogP) is 3.64. The van der Waals surface area contributed by atoms with Gasteiger partial charge in [0.2, 0.25) is 0 Å². The average molecular weight is 351 g/mol. The Morgan fingerprint density at radius 3 is 2.60 bits per heavy atom. The molecule has 1 fully saturated rings. The Balaban J connectivity index is 1.88. The number of carbonyl (C=O) groups excluding carboxylic acids is 1. The summed E-state index contributed by atoms with van der Waals surface area (Å²) in [6, 6.07) is 0.630. The molecule has 0 aliphatic heterocycles. The highest BCUT2D eigenvalue weighted by molar-refractivity contribution is 5.67. The lowest BCUT2D eigenvalue weighted by Crippen LogP contribution is -2.45. The molecule has 1 aromatic rings. The third-order valence-electron chi connectivity index (χ3n) is 4.59. The summed E-state index contributed by atoms with van der Waals surface area (Å²) in [7, 11) is 0. The van der Waals surface area contributed by atoms with Crippen LogP contribution < -0.4 is 10.6 Å². The Morgan fingerprint density at radius 2 is 2.04 bits per heavy atom. The van der Waals surface area contributed by atoms with Crippen LogP contribution in [0.3, 0.4) is 0 Å². The molecule has 0 bridgehead atoms. The van der Waals surface area contributed by atoms with Crippen LogP contribution in [0.25, 0.3) is 0 Å². The Morgan fingerprint density at radius 1 is 1.36 bits per heavy atom. The van der Waals surface area contributed by atoms with E-state index in [2.05, 4.69) is 35.8 Å². The molecule has 1 aromatic heterocycles. The zero-order valence-corrected chi connectivity index (χ0v) is 16.3. The van der Waals surface area contributed by atoms with E-state index >= 15 is 0 Å². The van der Waals surface area contributed by atoms with Crippen LogP contribution in [0.5, 0.6) is 0 Å². The highest BCUT2D eigenvalue weighted by Crippen LogP contribution is 2.27. The summed E-state index contributed by atoms with van der Waals surface area (Å²) < 4.78 is 7.32. The van der Waals surface area contributed by atoms with Crippen molar-refractivity contribution in [2.45, 2.75) is 84.5 Å². The van der Waals surface area contributed by atoms with Gasteiger partial charge in [0.15, 0.2) is 0 Å². The van der Waals surface area contributed by atoms with E-state index in [1.165, 1.54) is 31.2 Å². The molecular weight excluding hydrogens is 316 g/mol. The number of carbonyl (C=O) groups is 1. The molecule has 2 N–H and O–H groups in total. The Bertz CT molecular complexity index is 542. The van der Waals surface area contributed by atoms with Gasteiger partial charge < -0.3 is 15.4 Å². The highest BCUT2D eigenvalue weighted by atomic mass is 16.6.